The highest BCUT2D eigenvalue weighted by molar-refractivity contribution is 5.95. The second-order valence-electron chi connectivity index (χ2n) is 5.11. The van der Waals surface area contributed by atoms with E-state index in [0.717, 1.165) is 0 Å². The molecule has 0 spiro atoms. The molecule has 1 aromatic heterocycles. The van der Waals surface area contributed by atoms with Crippen molar-refractivity contribution in [3.63, 3.8) is 0 Å². The molecule has 0 unspecified atom stereocenters. The van der Waals surface area contributed by atoms with Crippen molar-refractivity contribution >= 4 is 17.7 Å². The van der Waals surface area contributed by atoms with Crippen molar-refractivity contribution in [1.82, 2.24) is 5.32 Å². The lowest BCUT2D eigenvalue weighted by Gasteiger charge is -2.08. The van der Waals surface area contributed by atoms with Gasteiger partial charge in [0.05, 0.1) is 12.8 Å². The number of hydrogen-bond donors (Lipinski definition) is 1. The van der Waals surface area contributed by atoms with Gasteiger partial charge in [-0.3, -0.25) is 9.59 Å². The number of ketones is 1. The van der Waals surface area contributed by atoms with Crippen LogP contribution in [0.25, 0.3) is 0 Å². The monoisotopic (exact) mass is 345 g/mol. The predicted octanol–water partition coefficient (Wildman–Crippen LogP) is 2.11. The summed E-state index contributed by atoms with van der Waals surface area (Å²) >= 11 is 0. The lowest BCUT2D eigenvalue weighted by molar-refractivity contribution is -0.150. The average Bonchev–Trinajstić information content (AvgIpc) is 3.16. The number of carbonyl (C=O) groups excluding carboxylic acids is 3. The highest BCUT2D eigenvalue weighted by Gasteiger charge is 2.09. The van der Waals surface area contributed by atoms with E-state index in [0.29, 0.717) is 23.5 Å². The molecule has 0 radical (unpaired) electrons. The highest BCUT2D eigenvalue weighted by atomic mass is 16.6. The Balaban J connectivity index is 1.66. The number of furan rings is 1. The molecule has 0 fully saturated rings. The number of carbonyl (C=O) groups is 3. The number of amides is 1. The molecule has 2 rings (SSSR count). The fourth-order valence-electron chi connectivity index (χ4n) is 1.92. The van der Waals surface area contributed by atoms with Crippen molar-refractivity contribution in [1.29, 1.82) is 0 Å². The topological polar surface area (TPSA) is 94.8 Å². The van der Waals surface area contributed by atoms with Crippen molar-refractivity contribution in [3.05, 3.63) is 54.0 Å². The zero-order chi connectivity index (χ0) is 18.1. The first kappa shape index (κ1) is 18.3. The normalized spacial score (nSPS) is 10.1. The summed E-state index contributed by atoms with van der Waals surface area (Å²) < 4.78 is 15.1. The van der Waals surface area contributed by atoms with Gasteiger partial charge >= 0.3 is 5.97 Å². The van der Waals surface area contributed by atoms with Crippen molar-refractivity contribution in [2.24, 2.45) is 0 Å². The van der Waals surface area contributed by atoms with Gasteiger partial charge in [0, 0.05) is 12.0 Å². The van der Waals surface area contributed by atoms with Crippen LogP contribution in [0, 0.1) is 0 Å². The van der Waals surface area contributed by atoms with E-state index in [1.165, 1.54) is 6.26 Å². The van der Waals surface area contributed by atoms with Crippen LogP contribution in [-0.2, 0) is 20.9 Å². The zero-order valence-corrected chi connectivity index (χ0v) is 13.8. The fourth-order valence-corrected chi connectivity index (χ4v) is 1.92. The Bertz CT molecular complexity index is 706. The number of hydrogen-bond acceptors (Lipinski definition) is 6. The molecule has 0 aliphatic carbocycles. The molecule has 1 aromatic carbocycles. The summed E-state index contributed by atoms with van der Waals surface area (Å²) in [5, 5.41) is 2.55. The maximum atomic E-state index is 11.6. The van der Waals surface area contributed by atoms with E-state index in [-0.39, 0.29) is 18.9 Å². The predicted molar refractivity (Wildman–Crippen MR) is 88.1 cm³/mol. The third-order valence-corrected chi connectivity index (χ3v) is 3.26. The Kier molecular flexibility index (Phi) is 6.76. The second kappa shape index (κ2) is 9.27. The Labute approximate surface area is 144 Å². The van der Waals surface area contributed by atoms with Crippen molar-refractivity contribution in [2.75, 3.05) is 13.2 Å². The molecule has 132 valence electrons. The van der Waals surface area contributed by atoms with E-state index < -0.39 is 18.5 Å². The first-order chi connectivity index (χ1) is 12.1. The van der Waals surface area contributed by atoms with Gasteiger partial charge in [-0.05, 0) is 36.4 Å². The molecule has 1 amide bonds. The zero-order valence-electron chi connectivity index (χ0n) is 13.8. The quantitative estimate of drug-likeness (QED) is 0.552. The lowest BCUT2D eigenvalue weighted by Crippen LogP contribution is -2.29. The molecule has 0 bridgehead atoms. The molecule has 1 heterocycles. The molecule has 1 N–H and O–H groups in total. The molecule has 0 aliphatic rings. The summed E-state index contributed by atoms with van der Waals surface area (Å²) in [6.45, 7) is 1.29. The van der Waals surface area contributed by atoms with E-state index >= 15 is 0 Å². The van der Waals surface area contributed by atoms with E-state index in [1.54, 1.807) is 43.3 Å². The van der Waals surface area contributed by atoms with Crippen LogP contribution >= 0.6 is 0 Å². The minimum atomic E-state index is -0.665. The minimum Gasteiger partial charge on any atom is -0.482 e. The van der Waals surface area contributed by atoms with Crippen LogP contribution in [0.1, 0.15) is 29.5 Å². The second-order valence-corrected chi connectivity index (χ2v) is 5.11. The number of benzene rings is 1. The van der Waals surface area contributed by atoms with Gasteiger partial charge in [-0.15, -0.1) is 0 Å². The van der Waals surface area contributed by atoms with Gasteiger partial charge in [0.15, 0.2) is 19.0 Å². The lowest BCUT2D eigenvalue weighted by atomic mass is 10.1. The minimum absolute atomic E-state index is 0.0338. The first-order valence-corrected chi connectivity index (χ1v) is 7.79. The average molecular weight is 345 g/mol. The van der Waals surface area contributed by atoms with Crippen LogP contribution in [-0.4, -0.2) is 30.9 Å². The van der Waals surface area contributed by atoms with E-state index in [4.69, 9.17) is 13.9 Å². The molecular formula is C18H19NO6. The largest absolute Gasteiger partial charge is 0.482 e. The molecule has 7 heteroatoms. The van der Waals surface area contributed by atoms with Gasteiger partial charge in [0.1, 0.15) is 11.5 Å². The molecule has 2 aromatic rings. The number of Topliss-reactive ketones (excluding diaryl/α,β-unsaturated/α-hetero) is 1. The summed E-state index contributed by atoms with van der Waals surface area (Å²) in [5.41, 5.74) is 0.589. The Morgan fingerprint density at radius 2 is 1.84 bits per heavy atom. The SMILES string of the molecule is CCC(=O)c1ccc(OCC(=O)OCC(=O)NCc2ccco2)cc1. The van der Waals surface area contributed by atoms with Crippen molar-refractivity contribution < 1.29 is 28.3 Å². The molecule has 0 aliphatic heterocycles. The van der Waals surface area contributed by atoms with Gasteiger partial charge in [0.25, 0.3) is 5.91 Å². The third-order valence-electron chi connectivity index (χ3n) is 3.26. The number of nitrogens with one attached hydrogen (secondary N) is 1. The van der Waals surface area contributed by atoms with Gasteiger partial charge in [0.2, 0.25) is 0 Å². The van der Waals surface area contributed by atoms with Crippen LogP contribution in [0.3, 0.4) is 0 Å². The molecular weight excluding hydrogens is 326 g/mol. The first-order valence-electron chi connectivity index (χ1n) is 7.79. The molecule has 25 heavy (non-hydrogen) atoms. The Morgan fingerprint density at radius 3 is 2.48 bits per heavy atom. The fraction of sp³-hybridized carbons (Fsp3) is 0.278. The van der Waals surface area contributed by atoms with Crippen LogP contribution in [0.5, 0.6) is 5.75 Å². The van der Waals surface area contributed by atoms with Gasteiger partial charge in [-0.25, -0.2) is 4.79 Å². The van der Waals surface area contributed by atoms with Crippen LogP contribution in [0.15, 0.2) is 47.1 Å². The summed E-state index contributed by atoms with van der Waals surface area (Å²) in [4.78, 5) is 34.6. The van der Waals surface area contributed by atoms with E-state index in [2.05, 4.69) is 5.32 Å². The van der Waals surface area contributed by atoms with Crippen molar-refractivity contribution in [2.45, 2.75) is 19.9 Å². The maximum absolute atomic E-state index is 11.6. The molecule has 0 atom stereocenters. The van der Waals surface area contributed by atoms with Crippen LogP contribution in [0.2, 0.25) is 0 Å². The molecule has 7 nitrogen and oxygen atoms in total. The maximum Gasteiger partial charge on any atom is 0.344 e. The standard InChI is InChI=1S/C18H19NO6/c1-2-16(20)13-5-7-14(8-6-13)24-12-18(22)25-11-17(21)19-10-15-4-3-9-23-15/h3-9H,2,10-12H2,1H3,(H,19,21). The number of esters is 1. The number of ether oxygens (including phenoxy) is 2. The van der Waals surface area contributed by atoms with E-state index in [9.17, 15) is 14.4 Å². The van der Waals surface area contributed by atoms with Crippen LogP contribution < -0.4 is 10.1 Å². The Morgan fingerprint density at radius 1 is 1.08 bits per heavy atom. The number of rotatable bonds is 9. The smallest absolute Gasteiger partial charge is 0.344 e. The van der Waals surface area contributed by atoms with E-state index in [1.807, 2.05) is 0 Å². The van der Waals surface area contributed by atoms with Gasteiger partial charge in [-0.1, -0.05) is 6.92 Å². The summed E-state index contributed by atoms with van der Waals surface area (Å²) in [6, 6.07) is 9.91. The van der Waals surface area contributed by atoms with Gasteiger partial charge < -0.3 is 19.2 Å². The summed E-state index contributed by atoms with van der Waals surface area (Å²) in [6.07, 6.45) is 1.93. The highest BCUT2D eigenvalue weighted by Crippen LogP contribution is 2.13. The molecule has 0 saturated carbocycles. The van der Waals surface area contributed by atoms with Gasteiger partial charge in [-0.2, -0.15) is 0 Å². The summed E-state index contributed by atoms with van der Waals surface area (Å²) in [5.74, 6) is -0.0274. The molecule has 0 saturated heterocycles. The third kappa shape index (κ3) is 6.14. The van der Waals surface area contributed by atoms with Crippen molar-refractivity contribution in [3.8, 4) is 5.75 Å². The Hall–Kier alpha value is -3.09. The summed E-state index contributed by atoms with van der Waals surface area (Å²) in [7, 11) is 0. The van der Waals surface area contributed by atoms with Crippen LogP contribution in [0.4, 0.5) is 0 Å².